The number of phenolic OH excluding ortho intramolecular Hbond substituents is 1. The van der Waals surface area contributed by atoms with Crippen LogP contribution < -0.4 is 10.1 Å². The number of nitrogens with one attached hydrogen (secondary N) is 1. The van der Waals surface area contributed by atoms with Crippen LogP contribution in [-0.2, 0) is 4.79 Å². The minimum absolute atomic E-state index is 0.000975. The topological polar surface area (TPSA) is 78.8 Å². The SMILES string of the molecule is CCCCNC(C(=O)O)c1ccc(O)c(OC)c1. The van der Waals surface area contributed by atoms with Gasteiger partial charge in [0.05, 0.1) is 7.11 Å². The Morgan fingerprint density at radius 1 is 1.50 bits per heavy atom. The molecule has 0 saturated heterocycles. The first-order valence-corrected chi connectivity index (χ1v) is 5.93. The third-order valence-corrected chi connectivity index (χ3v) is 2.66. The number of unbranched alkanes of at least 4 members (excludes halogenated alkanes) is 1. The zero-order valence-corrected chi connectivity index (χ0v) is 10.6. The Hall–Kier alpha value is -1.75. The largest absolute Gasteiger partial charge is 0.504 e. The number of hydrogen-bond acceptors (Lipinski definition) is 4. The summed E-state index contributed by atoms with van der Waals surface area (Å²) in [5.74, 6) is -0.672. The van der Waals surface area contributed by atoms with Gasteiger partial charge in [-0.2, -0.15) is 0 Å². The summed E-state index contributed by atoms with van der Waals surface area (Å²) in [7, 11) is 1.43. The van der Waals surface area contributed by atoms with E-state index in [4.69, 9.17) is 4.74 Å². The fourth-order valence-electron chi connectivity index (χ4n) is 1.64. The van der Waals surface area contributed by atoms with Crippen LogP contribution in [0.4, 0.5) is 0 Å². The van der Waals surface area contributed by atoms with Gasteiger partial charge in [0.15, 0.2) is 11.5 Å². The van der Waals surface area contributed by atoms with Gasteiger partial charge in [0.2, 0.25) is 0 Å². The van der Waals surface area contributed by atoms with Crippen LogP contribution in [0.2, 0.25) is 0 Å². The van der Waals surface area contributed by atoms with E-state index in [0.29, 0.717) is 12.1 Å². The number of benzene rings is 1. The van der Waals surface area contributed by atoms with Crippen molar-refractivity contribution in [2.75, 3.05) is 13.7 Å². The average molecular weight is 253 g/mol. The summed E-state index contributed by atoms with van der Waals surface area (Å²) in [6.45, 7) is 2.68. The first-order valence-electron chi connectivity index (χ1n) is 5.93. The molecule has 0 aliphatic heterocycles. The number of rotatable bonds is 7. The lowest BCUT2D eigenvalue weighted by molar-refractivity contribution is -0.139. The van der Waals surface area contributed by atoms with E-state index in [1.54, 1.807) is 6.07 Å². The van der Waals surface area contributed by atoms with Crippen molar-refractivity contribution in [3.8, 4) is 11.5 Å². The Morgan fingerprint density at radius 3 is 2.78 bits per heavy atom. The smallest absolute Gasteiger partial charge is 0.325 e. The molecule has 0 saturated carbocycles. The van der Waals surface area contributed by atoms with Crippen LogP contribution in [0.1, 0.15) is 31.4 Å². The molecule has 5 nitrogen and oxygen atoms in total. The highest BCUT2D eigenvalue weighted by molar-refractivity contribution is 5.76. The van der Waals surface area contributed by atoms with E-state index in [-0.39, 0.29) is 11.5 Å². The van der Waals surface area contributed by atoms with Crippen LogP contribution in [0.5, 0.6) is 11.5 Å². The third kappa shape index (κ3) is 3.63. The number of carbonyl (C=O) groups is 1. The van der Waals surface area contributed by atoms with Crippen LogP contribution in [0, 0.1) is 0 Å². The molecule has 1 rings (SSSR count). The van der Waals surface area contributed by atoms with E-state index in [1.807, 2.05) is 6.92 Å². The maximum Gasteiger partial charge on any atom is 0.325 e. The van der Waals surface area contributed by atoms with Crippen LogP contribution in [0.25, 0.3) is 0 Å². The van der Waals surface area contributed by atoms with Crippen molar-refractivity contribution < 1.29 is 19.7 Å². The number of ether oxygens (including phenoxy) is 1. The van der Waals surface area contributed by atoms with Gasteiger partial charge in [0.1, 0.15) is 6.04 Å². The fraction of sp³-hybridized carbons (Fsp3) is 0.462. The van der Waals surface area contributed by atoms with Gasteiger partial charge in [0, 0.05) is 0 Å². The number of carboxylic acid groups (broad SMARTS) is 1. The summed E-state index contributed by atoms with van der Waals surface area (Å²) >= 11 is 0. The van der Waals surface area contributed by atoms with E-state index in [9.17, 15) is 15.0 Å². The van der Waals surface area contributed by atoms with Crippen molar-refractivity contribution in [3.05, 3.63) is 23.8 Å². The van der Waals surface area contributed by atoms with Crippen LogP contribution in [0.15, 0.2) is 18.2 Å². The maximum absolute atomic E-state index is 11.2. The second-order valence-corrected chi connectivity index (χ2v) is 4.01. The Balaban J connectivity index is 2.88. The molecule has 18 heavy (non-hydrogen) atoms. The lowest BCUT2D eigenvalue weighted by atomic mass is 10.1. The summed E-state index contributed by atoms with van der Waals surface area (Å²) in [6.07, 6.45) is 1.91. The number of aliphatic carboxylic acids is 1. The molecular weight excluding hydrogens is 234 g/mol. The molecule has 1 unspecified atom stereocenters. The molecule has 0 fully saturated rings. The van der Waals surface area contributed by atoms with Gasteiger partial charge in [-0.25, -0.2) is 0 Å². The first kappa shape index (κ1) is 14.3. The monoisotopic (exact) mass is 253 g/mol. The second-order valence-electron chi connectivity index (χ2n) is 4.01. The third-order valence-electron chi connectivity index (χ3n) is 2.66. The lowest BCUT2D eigenvalue weighted by Gasteiger charge is -2.15. The number of methoxy groups -OCH3 is 1. The van der Waals surface area contributed by atoms with Gasteiger partial charge in [-0.05, 0) is 30.7 Å². The second kappa shape index (κ2) is 6.86. The van der Waals surface area contributed by atoms with E-state index in [2.05, 4.69) is 5.32 Å². The van der Waals surface area contributed by atoms with E-state index in [0.717, 1.165) is 12.8 Å². The molecule has 3 N–H and O–H groups in total. The summed E-state index contributed by atoms with van der Waals surface area (Å²) < 4.78 is 4.97. The molecule has 0 radical (unpaired) electrons. The Labute approximate surface area is 106 Å². The van der Waals surface area contributed by atoms with Gasteiger partial charge < -0.3 is 20.3 Å². The van der Waals surface area contributed by atoms with Crippen molar-refractivity contribution in [1.29, 1.82) is 0 Å². The number of hydrogen-bond donors (Lipinski definition) is 3. The normalized spacial score (nSPS) is 12.1. The van der Waals surface area contributed by atoms with E-state index < -0.39 is 12.0 Å². The zero-order chi connectivity index (χ0) is 13.5. The first-order chi connectivity index (χ1) is 8.60. The summed E-state index contributed by atoms with van der Waals surface area (Å²) in [5, 5.41) is 21.6. The highest BCUT2D eigenvalue weighted by Gasteiger charge is 2.20. The standard InChI is InChI=1S/C13H19NO4/c1-3-4-7-14-12(13(16)17)9-5-6-10(15)11(8-9)18-2/h5-6,8,12,14-15H,3-4,7H2,1-2H3,(H,16,17). The van der Waals surface area contributed by atoms with E-state index in [1.165, 1.54) is 19.2 Å². The van der Waals surface area contributed by atoms with Crippen molar-refractivity contribution in [2.24, 2.45) is 0 Å². The maximum atomic E-state index is 11.2. The quantitative estimate of drug-likeness (QED) is 0.647. The molecule has 100 valence electrons. The molecule has 0 heterocycles. The molecule has 0 spiro atoms. The molecule has 0 amide bonds. The molecule has 1 aromatic carbocycles. The minimum atomic E-state index is -0.946. The van der Waals surface area contributed by atoms with Crippen molar-refractivity contribution in [1.82, 2.24) is 5.32 Å². The molecule has 5 heteroatoms. The molecule has 1 atom stereocenters. The van der Waals surface area contributed by atoms with Crippen LogP contribution >= 0.6 is 0 Å². The van der Waals surface area contributed by atoms with E-state index >= 15 is 0 Å². The Bertz CT molecular complexity index is 406. The summed E-state index contributed by atoms with van der Waals surface area (Å²) in [4.78, 5) is 11.2. The number of phenols is 1. The average Bonchev–Trinajstić information content (AvgIpc) is 2.35. The molecule has 0 aromatic heterocycles. The molecule has 0 bridgehead atoms. The van der Waals surface area contributed by atoms with Crippen molar-refractivity contribution >= 4 is 5.97 Å². The van der Waals surface area contributed by atoms with Gasteiger partial charge >= 0.3 is 5.97 Å². The molecule has 0 aliphatic carbocycles. The zero-order valence-electron chi connectivity index (χ0n) is 10.6. The van der Waals surface area contributed by atoms with Gasteiger partial charge in [-0.3, -0.25) is 4.79 Å². The van der Waals surface area contributed by atoms with Crippen LogP contribution in [-0.4, -0.2) is 29.8 Å². The minimum Gasteiger partial charge on any atom is -0.504 e. The summed E-state index contributed by atoms with van der Waals surface area (Å²) in [5.41, 5.74) is 0.563. The van der Waals surface area contributed by atoms with Gasteiger partial charge in [-0.15, -0.1) is 0 Å². The number of carboxylic acids is 1. The lowest BCUT2D eigenvalue weighted by Crippen LogP contribution is -2.29. The van der Waals surface area contributed by atoms with Crippen molar-refractivity contribution in [3.63, 3.8) is 0 Å². The van der Waals surface area contributed by atoms with Gasteiger partial charge in [0.25, 0.3) is 0 Å². The van der Waals surface area contributed by atoms with Crippen LogP contribution in [0.3, 0.4) is 0 Å². The highest BCUT2D eigenvalue weighted by atomic mass is 16.5. The Kier molecular flexibility index (Phi) is 5.45. The Morgan fingerprint density at radius 2 is 2.22 bits per heavy atom. The predicted molar refractivity (Wildman–Crippen MR) is 67.9 cm³/mol. The summed E-state index contributed by atoms with van der Waals surface area (Å²) in [6, 6.07) is 3.76. The van der Waals surface area contributed by atoms with Crippen molar-refractivity contribution in [2.45, 2.75) is 25.8 Å². The highest BCUT2D eigenvalue weighted by Crippen LogP contribution is 2.29. The molecule has 0 aliphatic rings. The molecular formula is C13H19NO4. The predicted octanol–water partition coefficient (Wildman–Crippen LogP) is 1.92. The number of aromatic hydroxyl groups is 1. The van der Waals surface area contributed by atoms with Gasteiger partial charge in [-0.1, -0.05) is 19.4 Å². The fourth-order valence-corrected chi connectivity index (χ4v) is 1.64. The molecule has 1 aromatic rings.